The molecule has 0 radical (unpaired) electrons. The Labute approximate surface area is 162 Å². The molecule has 0 bridgehead atoms. The van der Waals surface area contributed by atoms with Gasteiger partial charge >= 0.3 is 0 Å². The zero-order valence-corrected chi connectivity index (χ0v) is 16.5. The van der Waals surface area contributed by atoms with Crippen molar-refractivity contribution < 1.29 is 9.59 Å². The minimum atomic E-state index is 0.0837. The summed E-state index contributed by atoms with van der Waals surface area (Å²) in [5.74, 6) is 0.433. The number of rotatable bonds is 3. The molecule has 3 fully saturated rings. The molecule has 0 aliphatic carbocycles. The van der Waals surface area contributed by atoms with Crippen LogP contribution in [0.15, 0.2) is 24.3 Å². The van der Waals surface area contributed by atoms with E-state index in [0.29, 0.717) is 6.42 Å². The van der Waals surface area contributed by atoms with E-state index in [1.807, 2.05) is 23.1 Å². The van der Waals surface area contributed by atoms with E-state index in [1.165, 1.54) is 12.8 Å². The highest BCUT2D eigenvalue weighted by atomic mass is 16.2. The summed E-state index contributed by atoms with van der Waals surface area (Å²) in [5.41, 5.74) is 2.02. The van der Waals surface area contributed by atoms with Crippen LogP contribution in [-0.4, -0.2) is 60.9 Å². The first-order valence-electron chi connectivity index (χ1n) is 10.5. The zero-order chi connectivity index (χ0) is 18.9. The molecule has 3 saturated heterocycles. The highest BCUT2D eigenvalue weighted by Gasteiger charge is 2.42. The molecule has 1 aromatic rings. The molecule has 0 saturated carbocycles. The number of amides is 2. The van der Waals surface area contributed by atoms with Crippen LogP contribution in [0.3, 0.4) is 0 Å². The smallest absolute Gasteiger partial charge is 0.255 e. The summed E-state index contributed by atoms with van der Waals surface area (Å²) in [6, 6.07) is 8.09. The lowest BCUT2D eigenvalue weighted by Gasteiger charge is -2.48. The van der Waals surface area contributed by atoms with Gasteiger partial charge in [0.25, 0.3) is 5.91 Å². The first kappa shape index (κ1) is 18.3. The third-order valence-electron chi connectivity index (χ3n) is 6.66. The van der Waals surface area contributed by atoms with E-state index in [1.54, 1.807) is 0 Å². The molecule has 0 unspecified atom stereocenters. The predicted octanol–water partition coefficient (Wildman–Crippen LogP) is 3.15. The second kappa shape index (κ2) is 7.53. The van der Waals surface area contributed by atoms with Gasteiger partial charge in [0, 0.05) is 56.8 Å². The Morgan fingerprint density at radius 3 is 2.59 bits per heavy atom. The highest BCUT2D eigenvalue weighted by Crippen LogP contribution is 2.39. The summed E-state index contributed by atoms with van der Waals surface area (Å²) < 4.78 is 0. The van der Waals surface area contributed by atoms with Crippen molar-refractivity contribution >= 4 is 17.5 Å². The first-order chi connectivity index (χ1) is 13.1. The van der Waals surface area contributed by atoms with E-state index in [4.69, 9.17) is 0 Å². The van der Waals surface area contributed by atoms with Gasteiger partial charge in [0.1, 0.15) is 0 Å². The van der Waals surface area contributed by atoms with E-state index in [0.717, 1.165) is 69.8 Å². The summed E-state index contributed by atoms with van der Waals surface area (Å²) in [6.45, 7) is 7.32. The van der Waals surface area contributed by atoms with Crippen molar-refractivity contribution in [2.75, 3.05) is 44.2 Å². The molecule has 1 spiro atoms. The average Bonchev–Trinajstić information content (AvgIpc) is 3.24. The number of carbonyl (C=O) groups excluding carboxylic acids is 2. The van der Waals surface area contributed by atoms with Gasteiger partial charge in [-0.25, -0.2) is 0 Å². The van der Waals surface area contributed by atoms with Crippen molar-refractivity contribution in [3.8, 4) is 0 Å². The highest BCUT2D eigenvalue weighted by molar-refractivity contribution is 6.00. The quantitative estimate of drug-likeness (QED) is 0.822. The van der Waals surface area contributed by atoms with Crippen LogP contribution in [0.25, 0.3) is 0 Å². The van der Waals surface area contributed by atoms with Crippen LogP contribution in [0, 0.1) is 5.41 Å². The molecule has 5 heteroatoms. The second-order valence-electron chi connectivity index (χ2n) is 8.45. The zero-order valence-electron chi connectivity index (χ0n) is 16.5. The van der Waals surface area contributed by atoms with Gasteiger partial charge in [-0.1, -0.05) is 12.1 Å². The van der Waals surface area contributed by atoms with Crippen LogP contribution in [0.5, 0.6) is 0 Å². The van der Waals surface area contributed by atoms with Crippen LogP contribution < -0.4 is 4.90 Å². The fourth-order valence-electron chi connectivity index (χ4n) is 5.16. The number of hydrogen-bond acceptors (Lipinski definition) is 3. The van der Waals surface area contributed by atoms with E-state index < -0.39 is 0 Å². The summed E-state index contributed by atoms with van der Waals surface area (Å²) in [7, 11) is 0. The molecule has 1 atom stereocenters. The fraction of sp³-hybridized carbons (Fsp3) is 0.636. The summed E-state index contributed by atoms with van der Waals surface area (Å²) >= 11 is 0. The Balaban J connectivity index is 1.54. The molecular formula is C22H31N3O2. The normalized spacial score (nSPS) is 26.1. The number of piperidine rings is 2. The Hall–Kier alpha value is -2.04. The van der Waals surface area contributed by atoms with Gasteiger partial charge in [0.15, 0.2) is 0 Å². The topological polar surface area (TPSA) is 43.9 Å². The van der Waals surface area contributed by atoms with Gasteiger partial charge in [-0.3, -0.25) is 9.59 Å². The van der Waals surface area contributed by atoms with Gasteiger partial charge in [-0.15, -0.1) is 0 Å². The largest absolute Gasteiger partial charge is 0.371 e. The Morgan fingerprint density at radius 1 is 1.04 bits per heavy atom. The molecule has 3 aliphatic rings. The lowest BCUT2D eigenvalue weighted by Crippen LogP contribution is -2.55. The molecule has 4 rings (SSSR count). The summed E-state index contributed by atoms with van der Waals surface area (Å²) in [4.78, 5) is 31.9. The van der Waals surface area contributed by atoms with Crippen LogP contribution in [-0.2, 0) is 4.79 Å². The SMILES string of the molecule is CCN1C[C@@]2(CCCN(C(=O)c3ccccc3N3CCCC3)C2)CCC1=O. The maximum Gasteiger partial charge on any atom is 0.255 e. The summed E-state index contributed by atoms with van der Waals surface area (Å²) in [5, 5.41) is 0. The van der Waals surface area contributed by atoms with Crippen LogP contribution in [0.2, 0.25) is 0 Å². The third kappa shape index (κ3) is 3.56. The molecule has 5 nitrogen and oxygen atoms in total. The maximum absolute atomic E-state index is 13.4. The number of carbonyl (C=O) groups is 2. The van der Waals surface area contributed by atoms with Crippen LogP contribution in [0.4, 0.5) is 5.69 Å². The molecule has 0 N–H and O–H groups in total. The lowest BCUT2D eigenvalue weighted by molar-refractivity contribution is -0.138. The number of anilines is 1. The van der Waals surface area contributed by atoms with Crippen LogP contribution in [0.1, 0.15) is 55.8 Å². The van der Waals surface area contributed by atoms with E-state index >= 15 is 0 Å². The first-order valence-corrected chi connectivity index (χ1v) is 10.5. The third-order valence-corrected chi connectivity index (χ3v) is 6.66. The Morgan fingerprint density at radius 2 is 1.81 bits per heavy atom. The molecule has 1 aromatic carbocycles. The maximum atomic E-state index is 13.4. The lowest BCUT2D eigenvalue weighted by atomic mass is 9.73. The monoisotopic (exact) mass is 369 g/mol. The van der Waals surface area contributed by atoms with Crippen molar-refractivity contribution in [3.05, 3.63) is 29.8 Å². The van der Waals surface area contributed by atoms with Gasteiger partial charge in [-0.2, -0.15) is 0 Å². The molecule has 27 heavy (non-hydrogen) atoms. The second-order valence-corrected chi connectivity index (χ2v) is 8.45. The molecule has 0 aromatic heterocycles. The van der Waals surface area contributed by atoms with E-state index in [-0.39, 0.29) is 17.2 Å². The minimum absolute atomic E-state index is 0.0837. The van der Waals surface area contributed by atoms with Crippen molar-refractivity contribution in [3.63, 3.8) is 0 Å². The minimum Gasteiger partial charge on any atom is -0.371 e. The van der Waals surface area contributed by atoms with Crippen LogP contribution >= 0.6 is 0 Å². The van der Waals surface area contributed by atoms with Crippen molar-refractivity contribution in [1.29, 1.82) is 0 Å². The average molecular weight is 370 g/mol. The number of para-hydroxylation sites is 1. The summed E-state index contributed by atoms with van der Waals surface area (Å²) in [6.07, 6.45) is 6.10. The van der Waals surface area contributed by atoms with Crippen molar-refractivity contribution in [2.45, 2.75) is 45.4 Å². The van der Waals surface area contributed by atoms with Crippen molar-refractivity contribution in [1.82, 2.24) is 9.80 Å². The number of hydrogen-bond donors (Lipinski definition) is 0. The van der Waals surface area contributed by atoms with Gasteiger partial charge in [0.2, 0.25) is 5.91 Å². The number of nitrogens with zero attached hydrogens (tertiary/aromatic N) is 3. The Kier molecular flexibility index (Phi) is 5.11. The predicted molar refractivity (Wildman–Crippen MR) is 107 cm³/mol. The van der Waals surface area contributed by atoms with Gasteiger partial charge in [0.05, 0.1) is 5.56 Å². The molecule has 3 aliphatic heterocycles. The molecule has 3 heterocycles. The van der Waals surface area contributed by atoms with Crippen molar-refractivity contribution in [2.24, 2.45) is 5.41 Å². The van der Waals surface area contributed by atoms with E-state index in [9.17, 15) is 9.59 Å². The molecule has 2 amide bonds. The Bertz CT molecular complexity index is 713. The van der Waals surface area contributed by atoms with E-state index in [2.05, 4.69) is 22.8 Å². The standard InChI is InChI=1S/C22H31N3O2/c1-2-23-16-22(12-10-20(23)26)11-7-15-25(17-22)21(27)18-8-3-4-9-19(18)24-13-5-6-14-24/h3-4,8-9H,2,5-7,10-17H2,1H3/t22-/m1/s1. The molecular weight excluding hydrogens is 338 g/mol. The number of likely N-dealkylation sites (tertiary alicyclic amines) is 2. The molecule has 146 valence electrons. The fourth-order valence-corrected chi connectivity index (χ4v) is 5.16. The van der Waals surface area contributed by atoms with Gasteiger partial charge < -0.3 is 14.7 Å². The van der Waals surface area contributed by atoms with Gasteiger partial charge in [-0.05, 0) is 51.2 Å². The number of benzene rings is 1.